The fraction of sp³-hybridized carbons (Fsp3) is 0.417. The van der Waals surface area contributed by atoms with Crippen molar-refractivity contribution in [2.75, 3.05) is 0 Å². The molecule has 1 N–H and O–H groups in total. The number of hydrogen-bond donors (Lipinski definition) is 1. The van der Waals surface area contributed by atoms with Crippen LogP contribution in [-0.2, 0) is 19.8 Å². The molecule has 32 heavy (non-hydrogen) atoms. The zero-order valence-electron chi connectivity index (χ0n) is 18.1. The lowest BCUT2D eigenvalue weighted by Crippen LogP contribution is -2.51. The molecule has 1 aliphatic heterocycles. The predicted octanol–water partition coefficient (Wildman–Crippen LogP) is 4.76. The Morgan fingerprint density at radius 2 is 1.88 bits per heavy atom. The second kappa shape index (κ2) is 6.81. The molecule has 0 bridgehead atoms. The third-order valence-corrected chi connectivity index (χ3v) is 6.52. The van der Waals surface area contributed by atoms with Crippen molar-refractivity contribution in [1.29, 1.82) is 0 Å². The molecule has 1 atom stereocenters. The van der Waals surface area contributed by atoms with Crippen LogP contribution in [-0.4, -0.2) is 37.3 Å². The van der Waals surface area contributed by atoms with Crippen LogP contribution in [0.2, 0.25) is 0 Å². The van der Waals surface area contributed by atoms with Gasteiger partial charge in [0.05, 0.1) is 22.7 Å². The van der Waals surface area contributed by atoms with E-state index in [0.717, 1.165) is 18.4 Å². The number of aromatic nitrogens is 2. The van der Waals surface area contributed by atoms with Crippen LogP contribution in [0, 0.1) is 5.92 Å². The van der Waals surface area contributed by atoms with Gasteiger partial charge < -0.3 is 10.0 Å². The van der Waals surface area contributed by atoms with Crippen molar-refractivity contribution >= 4 is 16.8 Å². The highest BCUT2D eigenvalue weighted by molar-refractivity contribution is 6.05. The Hall–Kier alpha value is -2.87. The molecule has 168 valence electrons. The molecular formula is C24H24F3N3O2. The van der Waals surface area contributed by atoms with Crippen LogP contribution in [0.1, 0.15) is 48.3 Å². The minimum absolute atomic E-state index is 0.00440. The highest BCUT2D eigenvalue weighted by Crippen LogP contribution is 2.44. The number of halogens is 3. The van der Waals surface area contributed by atoms with E-state index in [0.29, 0.717) is 28.8 Å². The molecule has 5 nitrogen and oxygen atoms in total. The molecule has 2 aliphatic rings. The number of aliphatic hydroxyl groups is 1. The van der Waals surface area contributed by atoms with E-state index in [-0.39, 0.29) is 23.3 Å². The number of amides is 1. The van der Waals surface area contributed by atoms with Crippen LogP contribution in [0.3, 0.4) is 0 Å². The molecule has 0 radical (unpaired) electrons. The van der Waals surface area contributed by atoms with Gasteiger partial charge in [-0.15, -0.1) is 0 Å². The highest BCUT2D eigenvalue weighted by Gasteiger charge is 2.48. The van der Waals surface area contributed by atoms with Gasteiger partial charge in [0.15, 0.2) is 5.69 Å². The summed E-state index contributed by atoms with van der Waals surface area (Å²) in [5.41, 5.74) is 0.845. The fourth-order valence-corrected chi connectivity index (χ4v) is 5.12. The summed E-state index contributed by atoms with van der Waals surface area (Å²) in [7, 11) is 1.48. The van der Waals surface area contributed by atoms with Gasteiger partial charge >= 0.3 is 6.18 Å². The van der Waals surface area contributed by atoms with Crippen molar-refractivity contribution in [2.24, 2.45) is 13.0 Å². The van der Waals surface area contributed by atoms with E-state index in [9.17, 15) is 23.1 Å². The zero-order valence-corrected chi connectivity index (χ0v) is 18.1. The van der Waals surface area contributed by atoms with Gasteiger partial charge in [-0.2, -0.15) is 18.3 Å². The standard InChI is InChI=1S/C24H24F3N3O2/c1-23(2,32)21(13-7-8-13)30-12-15-5-4-6-16(19(15)22(30)31)14-9-10-18-17(11-14)20(24(25,26)27)28-29(18)3/h4-6,9-11,13,21,32H,7-8,12H2,1-3H3/t21-/m1/s1. The van der Waals surface area contributed by atoms with Gasteiger partial charge in [-0.3, -0.25) is 9.48 Å². The molecule has 1 amide bonds. The maximum Gasteiger partial charge on any atom is 0.435 e. The Kier molecular flexibility index (Phi) is 4.47. The van der Waals surface area contributed by atoms with Crippen molar-refractivity contribution in [3.8, 4) is 11.1 Å². The summed E-state index contributed by atoms with van der Waals surface area (Å²) >= 11 is 0. The second-order valence-electron chi connectivity index (χ2n) is 9.41. The zero-order chi connectivity index (χ0) is 23.0. The molecule has 2 heterocycles. The number of rotatable bonds is 4. The van der Waals surface area contributed by atoms with Crippen LogP contribution in [0.15, 0.2) is 36.4 Å². The SMILES string of the molecule is Cn1nc(C(F)(F)F)c2cc(-c3cccc4c3C(=O)N([C@H](C3CC3)C(C)(C)O)C4)ccc21. The summed E-state index contributed by atoms with van der Waals surface area (Å²) in [4.78, 5) is 15.3. The summed E-state index contributed by atoms with van der Waals surface area (Å²) in [6, 6.07) is 9.95. The highest BCUT2D eigenvalue weighted by atomic mass is 19.4. The minimum atomic E-state index is -4.58. The van der Waals surface area contributed by atoms with Crippen molar-refractivity contribution in [3.05, 3.63) is 53.2 Å². The number of carbonyl (C=O) groups is 1. The molecule has 1 fully saturated rings. The molecule has 0 saturated heterocycles. The van der Waals surface area contributed by atoms with Crippen LogP contribution in [0.4, 0.5) is 13.2 Å². The molecule has 1 aliphatic carbocycles. The average Bonchev–Trinajstić information content (AvgIpc) is 3.39. The van der Waals surface area contributed by atoms with Crippen LogP contribution < -0.4 is 0 Å². The van der Waals surface area contributed by atoms with Gasteiger partial charge in [0.25, 0.3) is 5.91 Å². The monoisotopic (exact) mass is 443 g/mol. The van der Waals surface area contributed by atoms with Crippen molar-refractivity contribution in [2.45, 2.75) is 51.1 Å². The molecule has 0 spiro atoms. The fourth-order valence-electron chi connectivity index (χ4n) is 5.12. The Morgan fingerprint density at radius 3 is 2.50 bits per heavy atom. The van der Waals surface area contributed by atoms with E-state index in [2.05, 4.69) is 5.10 Å². The average molecular weight is 443 g/mol. The van der Waals surface area contributed by atoms with Gasteiger partial charge in [-0.25, -0.2) is 0 Å². The summed E-state index contributed by atoms with van der Waals surface area (Å²) < 4.78 is 41.8. The summed E-state index contributed by atoms with van der Waals surface area (Å²) in [5, 5.41) is 14.4. The van der Waals surface area contributed by atoms with E-state index in [1.807, 2.05) is 12.1 Å². The molecular weight excluding hydrogens is 419 g/mol. The van der Waals surface area contributed by atoms with Crippen molar-refractivity contribution in [1.82, 2.24) is 14.7 Å². The number of aryl methyl sites for hydroxylation is 1. The third kappa shape index (κ3) is 3.28. The summed E-state index contributed by atoms with van der Waals surface area (Å²) in [6.45, 7) is 3.83. The number of hydrogen-bond acceptors (Lipinski definition) is 3. The molecule has 1 aromatic heterocycles. The van der Waals surface area contributed by atoms with Crippen LogP contribution in [0.25, 0.3) is 22.0 Å². The third-order valence-electron chi connectivity index (χ3n) is 6.52. The second-order valence-corrected chi connectivity index (χ2v) is 9.41. The first kappa shape index (κ1) is 21.0. The van der Waals surface area contributed by atoms with Gasteiger partial charge in [0, 0.05) is 19.0 Å². The number of fused-ring (bicyclic) bond motifs is 2. The first-order chi connectivity index (χ1) is 15.0. The van der Waals surface area contributed by atoms with Gasteiger partial charge in [-0.05, 0) is 61.4 Å². The Bertz CT molecular complexity index is 1240. The Labute approximate surface area is 183 Å². The number of benzene rings is 2. The number of carbonyl (C=O) groups excluding carboxylic acids is 1. The van der Waals surface area contributed by atoms with E-state index < -0.39 is 17.5 Å². The summed E-state index contributed by atoms with van der Waals surface area (Å²) in [5.74, 6) is 0.0785. The lowest BCUT2D eigenvalue weighted by atomic mass is 9.92. The van der Waals surface area contributed by atoms with E-state index in [1.165, 1.54) is 17.8 Å². The first-order valence-corrected chi connectivity index (χ1v) is 10.7. The molecule has 8 heteroatoms. The largest absolute Gasteiger partial charge is 0.435 e. The van der Waals surface area contributed by atoms with Crippen molar-refractivity contribution in [3.63, 3.8) is 0 Å². The maximum atomic E-state index is 13.5. The lowest BCUT2D eigenvalue weighted by molar-refractivity contribution is -0.140. The van der Waals surface area contributed by atoms with E-state index in [1.54, 1.807) is 36.9 Å². The minimum Gasteiger partial charge on any atom is -0.388 e. The number of nitrogens with zero attached hydrogens (tertiary/aromatic N) is 3. The predicted molar refractivity (Wildman–Crippen MR) is 114 cm³/mol. The number of alkyl halides is 3. The Morgan fingerprint density at radius 1 is 1.16 bits per heavy atom. The van der Waals surface area contributed by atoms with Crippen molar-refractivity contribution < 1.29 is 23.1 Å². The maximum absolute atomic E-state index is 13.5. The molecule has 3 aromatic rings. The van der Waals surface area contributed by atoms with Crippen LogP contribution in [0.5, 0.6) is 0 Å². The molecule has 0 unspecified atom stereocenters. The van der Waals surface area contributed by atoms with Gasteiger partial charge in [0.2, 0.25) is 0 Å². The molecule has 2 aromatic carbocycles. The van der Waals surface area contributed by atoms with E-state index >= 15 is 0 Å². The smallest absolute Gasteiger partial charge is 0.388 e. The quantitative estimate of drug-likeness (QED) is 0.632. The molecule has 1 saturated carbocycles. The Balaban J connectivity index is 1.61. The van der Waals surface area contributed by atoms with Gasteiger partial charge in [0.1, 0.15) is 0 Å². The van der Waals surface area contributed by atoms with E-state index in [4.69, 9.17) is 0 Å². The molecule has 5 rings (SSSR count). The topological polar surface area (TPSA) is 58.4 Å². The van der Waals surface area contributed by atoms with Crippen LogP contribution >= 0.6 is 0 Å². The first-order valence-electron chi connectivity index (χ1n) is 10.7. The van der Waals surface area contributed by atoms with Gasteiger partial charge in [-0.1, -0.05) is 24.3 Å². The normalized spacial score (nSPS) is 17.8. The lowest BCUT2D eigenvalue weighted by Gasteiger charge is -2.37. The summed E-state index contributed by atoms with van der Waals surface area (Å²) in [6.07, 6.45) is -2.63.